The van der Waals surface area contributed by atoms with Crippen LogP contribution in [0.4, 0.5) is 11.4 Å². The number of Topliss-reactive ketones (excluding diaryl/α,β-unsaturated/α-hetero) is 1. The number of ketones is 2. The Labute approximate surface area is 158 Å². The molecule has 0 aliphatic heterocycles. The molecule has 0 fully saturated rings. The summed E-state index contributed by atoms with van der Waals surface area (Å²) < 4.78 is 0. The molecule has 0 spiro atoms. The lowest BCUT2D eigenvalue weighted by molar-refractivity contribution is -0.113. The molecule has 0 bridgehead atoms. The van der Waals surface area contributed by atoms with Gasteiger partial charge in [0, 0.05) is 40.7 Å². The average molecular weight is 362 g/mol. The van der Waals surface area contributed by atoms with Gasteiger partial charge in [0.2, 0.25) is 0 Å². The zero-order chi connectivity index (χ0) is 20.0. The summed E-state index contributed by atoms with van der Waals surface area (Å²) in [5.74, 6) is -0.615. The van der Waals surface area contributed by atoms with E-state index in [4.69, 9.17) is 0 Å². The summed E-state index contributed by atoms with van der Waals surface area (Å²) in [5.41, 5.74) is 3.26. The molecule has 0 aliphatic carbocycles. The highest BCUT2D eigenvalue weighted by atomic mass is 16.2. The number of rotatable bonds is 7. The third-order valence-electron chi connectivity index (χ3n) is 4.04. The lowest BCUT2D eigenvalue weighted by Crippen LogP contribution is -2.13. The molecule has 0 radical (unpaired) electrons. The number of benzene rings is 2. The molecular formula is C22H22N2O3. The summed E-state index contributed by atoms with van der Waals surface area (Å²) in [6.07, 6.45) is 1.45. The molecular weight excluding hydrogens is 340 g/mol. The van der Waals surface area contributed by atoms with Crippen LogP contribution in [0.25, 0.3) is 0 Å². The van der Waals surface area contributed by atoms with Crippen molar-refractivity contribution in [2.75, 3.05) is 17.7 Å². The minimum Gasteiger partial charge on any atom is -0.388 e. The fraction of sp³-hybridized carbons (Fsp3) is 0.136. The number of nitrogens with one attached hydrogen (secondary N) is 2. The van der Waals surface area contributed by atoms with Gasteiger partial charge in [0.05, 0.1) is 0 Å². The Hall–Kier alpha value is -3.47. The van der Waals surface area contributed by atoms with Gasteiger partial charge >= 0.3 is 0 Å². The molecule has 0 aromatic heterocycles. The molecule has 27 heavy (non-hydrogen) atoms. The lowest BCUT2D eigenvalue weighted by Gasteiger charge is -2.07. The summed E-state index contributed by atoms with van der Waals surface area (Å²) in [6, 6.07) is 13.9. The van der Waals surface area contributed by atoms with Crippen molar-refractivity contribution in [3.8, 4) is 0 Å². The second kappa shape index (κ2) is 8.76. The van der Waals surface area contributed by atoms with Crippen molar-refractivity contribution in [2.45, 2.75) is 13.8 Å². The number of allylic oxidation sites excluding steroid dienone is 2. The highest BCUT2D eigenvalue weighted by Crippen LogP contribution is 2.16. The van der Waals surface area contributed by atoms with Crippen LogP contribution in [-0.2, 0) is 9.59 Å². The largest absolute Gasteiger partial charge is 0.388 e. The minimum absolute atomic E-state index is 0.0932. The zero-order valence-corrected chi connectivity index (χ0v) is 15.6. The van der Waals surface area contributed by atoms with Crippen LogP contribution >= 0.6 is 0 Å². The number of carbonyl (C=O) groups excluding carboxylic acids is 3. The third kappa shape index (κ3) is 5.25. The standard InChI is InChI=1S/C22H22N2O3/c1-14(16(3)25)13-15(2)22(27)24-20-11-7-18(8-12-20)21(26)17-5-9-19(23-4)10-6-17/h5-13,23H,1H2,2-4H3,(H,24,27)/b15-13+. The molecule has 2 rings (SSSR count). The molecule has 5 heteroatoms. The smallest absolute Gasteiger partial charge is 0.251 e. The Balaban J connectivity index is 2.08. The highest BCUT2D eigenvalue weighted by molar-refractivity contribution is 6.10. The predicted molar refractivity (Wildman–Crippen MR) is 108 cm³/mol. The van der Waals surface area contributed by atoms with Crippen molar-refractivity contribution in [1.29, 1.82) is 0 Å². The van der Waals surface area contributed by atoms with Gasteiger partial charge in [-0.25, -0.2) is 0 Å². The van der Waals surface area contributed by atoms with E-state index in [9.17, 15) is 14.4 Å². The quantitative estimate of drug-likeness (QED) is 0.444. The first-order valence-corrected chi connectivity index (χ1v) is 8.44. The number of hydrogen-bond donors (Lipinski definition) is 2. The Bertz CT molecular complexity index is 908. The molecule has 2 aromatic carbocycles. The second-order valence-electron chi connectivity index (χ2n) is 6.10. The van der Waals surface area contributed by atoms with Crippen molar-refractivity contribution in [1.82, 2.24) is 0 Å². The van der Waals surface area contributed by atoms with Crippen LogP contribution in [0.2, 0.25) is 0 Å². The summed E-state index contributed by atoms with van der Waals surface area (Å²) in [4.78, 5) is 35.9. The molecule has 0 aliphatic rings. The molecule has 5 nitrogen and oxygen atoms in total. The van der Waals surface area contributed by atoms with E-state index in [1.54, 1.807) is 43.3 Å². The van der Waals surface area contributed by atoms with Crippen LogP contribution < -0.4 is 10.6 Å². The molecule has 0 unspecified atom stereocenters. The highest BCUT2D eigenvalue weighted by Gasteiger charge is 2.10. The fourth-order valence-electron chi connectivity index (χ4n) is 2.32. The van der Waals surface area contributed by atoms with Crippen LogP contribution in [0.5, 0.6) is 0 Å². The topological polar surface area (TPSA) is 75.3 Å². The van der Waals surface area contributed by atoms with Gasteiger partial charge in [0.15, 0.2) is 11.6 Å². The number of amides is 1. The van der Waals surface area contributed by atoms with E-state index in [0.29, 0.717) is 22.4 Å². The maximum absolute atomic E-state index is 12.5. The van der Waals surface area contributed by atoms with Gasteiger partial charge in [0.25, 0.3) is 5.91 Å². The van der Waals surface area contributed by atoms with Gasteiger partial charge in [-0.2, -0.15) is 0 Å². The van der Waals surface area contributed by atoms with Crippen LogP contribution in [0.1, 0.15) is 29.8 Å². The van der Waals surface area contributed by atoms with E-state index >= 15 is 0 Å². The monoisotopic (exact) mass is 362 g/mol. The first-order valence-electron chi connectivity index (χ1n) is 8.44. The Morgan fingerprint density at radius 2 is 1.33 bits per heavy atom. The molecule has 138 valence electrons. The van der Waals surface area contributed by atoms with Gasteiger partial charge in [-0.3, -0.25) is 14.4 Å². The minimum atomic E-state index is -0.334. The van der Waals surface area contributed by atoms with Crippen LogP contribution in [0.15, 0.2) is 72.3 Å². The molecule has 0 heterocycles. The van der Waals surface area contributed by atoms with Crippen molar-refractivity contribution in [2.24, 2.45) is 0 Å². The maximum atomic E-state index is 12.5. The molecule has 0 saturated heterocycles. The summed E-state index contributed by atoms with van der Waals surface area (Å²) in [7, 11) is 1.82. The van der Waals surface area contributed by atoms with E-state index in [2.05, 4.69) is 17.2 Å². The fourth-order valence-corrected chi connectivity index (χ4v) is 2.32. The number of anilines is 2. The zero-order valence-electron chi connectivity index (χ0n) is 15.6. The lowest BCUT2D eigenvalue weighted by atomic mass is 10.0. The van der Waals surface area contributed by atoms with Gasteiger partial charge in [0.1, 0.15) is 0 Å². The predicted octanol–water partition coefficient (Wildman–Crippen LogP) is 3.99. The Kier molecular flexibility index (Phi) is 6.44. The first-order chi connectivity index (χ1) is 12.8. The van der Waals surface area contributed by atoms with Crippen molar-refractivity contribution < 1.29 is 14.4 Å². The van der Waals surface area contributed by atoms with Crippen LogP contribution in [-0.4, -0.2) is 24.5 Å². The van der Waals surface area contributed by atoms with E-state index in [-0.39, 0.29) is 23.0 Å². The molecule has 1 amide bonds. The van der Waals surface area contributed by atoms with Gasteiger partial charge < -0.3 is 10.6 Å². The van der Waals surface area contributed by atoms with Crippen molar-refractivity contribution in [3.63, 3.8) is 0 Å². The van der Waals surface area contributed by atoms with Gasteiger partial charge in [-0.15, -0.1) is 0 Å². The summed E-state index contributed by atoms with van der Waals surface area (Å²) in [5, 5.41) is 5.73. The number of carbonyl (C=O) groups is 3. The Morgan fingerprint density at radius 3 is 1.78 bits per heavy atom. The molecule has 2 N–H and O–H groups in total. The number of hydrogen-bond acceptors (Lipinski definition) is 4. The van der Waals surface area contributed by atoms with E-state index < -0.39 is 0 Å². The first kappa shape index (κ1) is 19.8. The van der Waals surface area contributed by atoms with Gasteiger partial charge in [-0.1, -0.05) is 6.58 Å². The van der Waals surface area contributed by atoms with Crippen LogP contribution in [0, 0.1) is 0 Å². The molecule has 2 aromatic rings. The molecule has 0 atom stereocenters. The van der Waals surface area contributed by atoms with Crippen LogP contribution in [0.3, 0.4) is 0 Å². The summed E-state index contributed by atoms with van der Waals surface area (Å²) in [6.45, 7) is 6.61. The second-order valence-corrected chi connectivity index (χ2v) is 6.10. The summed E-state index contributed by atoms with van der Waals surface area (Å²) >= 11 is 0. The average Bonchev–Trinajstić information content (AvgIpc) is 2.67. The van der Waals surface area contributed by atoms with Crippen molar-refractivity contribution in [3.05, 3.63) is 83.5 Å². The van der Waals surface area contributed by atoms with E-state index in [1.807, 2.05) is 19.2 Å². The molecule has 0 saturated carbocycles. The SMILES string of the molecule is C=C(/C=C(\C)C(=O)Nc1ccc(C(=O)c2ccc(NC)cc2)cc1)C(C)=O. The van der Waals surface area contributed by atoms with Gasteiger partial charge in [-0.05, 0) is 68.5 Å². The normalized spacial score (nSPS) is 10.9. The van der Waals surface area contributed by atoms with E-state index in [1.165, 1.54) is 13.0 Å². The van der Waals surface area contributed by atoms with Crippen molar-refractivity contribution >= 4 is 28.8 Å². The maximum Gasteiger partial charge on any atom is 0.251 e. The Morgan fingerprint density at radius 1 is 0.852 bits per heavy atom. The third-order valence-corrected chi connectivity index (χ3v) is 4.04. The van der Waals surface area contributed by atoms with E-state index in [0.717, 1.165) is 5.69 Å².